The van der Waals surface area contributed by atoms with E-state index in [0.717, 1.165) is 48.7 Å². The van der Waals surface area contributed by atoms with E-state index in [9.17, 15) is 4.79 Å². The first kappa shape index (κ1) is 19.1. The van der Waals surface area contributed by atoms with Gasteiger partial charge in [0.2, 0.25) is 11.9 Å². The molecule has 7 heteroatoms. The highest BCUT2D eigenvalue weighted by Crippen LogP contribution is 2.22. The highest BCUT2D eigenvalue weighted by atomic mass is 16.1. The number of anilines is 1. The van der Waals surface area contributed by atoms with Crippen molar-refractivity contribution >= 4 is 11.9 Å². The molecule has 0 spiro atoms. The molecule has 0 saturated carbocycles. The summed E-state index contributed by atoms with van der Waals surface area (Å²) in [6, 6.07) is 13.9. The number of nitrogens with one attached hydrogen (secondary N) is 1. The van der Waals surface area contributed by atoms with E-state index in [4.69, 9.17) is 4.98 Å². The highest BCUT2D eigenvalue weighted by molar-refractivity contribution is 5.78. The molecule has 0 bridgehead atoms. The molecular formula is C22H26N6O. The second-order valence-corrected chi connectivity index (χ2v) is 7.52. The van der Waals surface area contributed by atoms with Gasteiger partial charge < -0.3 is 10.2 Å². The second-order valence-electron chi connectivity index (χ2n) is 7.52. The fourth-order valence-electron chi connectivity index (χ4n) is 3.74. The Labute approximate surface area is 170 Å². The molecule has 1 aromatic carbocycles. The number of nitrogens with zero attached hydrogens (tertiary/aromatic N) is 5. The van der Waals surface area contributed by atoms with Gasteiger partial charge in [0, 0.05) is 43.5 Å². The number of aromatic nitrogens is 4. The Balaban J connectivity index is 1.35. The molecule has 29 heavy (non-hydrogen) atoms. The van der Waals surface area contributed by atoms with Crippen LogP contribution in [-0.4, -0.2) is 38.7 Å². The molecule has 2 aromatic heterocycles. The second kappa shape index (κ2) is 8.43. The fourth-order valence-corrected chi connectivity index (χ4v) is 3.74. The summed E-state index contributed by atoms with van der Waals surface area (Å²) < 4.78 is 1.84. The number of carbonyl (C=O) groups is 1. The Morgan fingerprint density at radius 3 is 2.59 bits per heavy atom. The first-order valence-electron chi connectivity index (χ1n) is 10.0. The Kier molecular flexibility index (Phi) is 5.55. The third kappa shape index (κ3) is 4.45. The maximum atomic E-state index is 12.5. The summed E-state index contributed by atoms with van der Waals surface area (Å²) in [6.45, 7) is 6.10. The van der Waals surface area contributed by atoms with Crippen molar-refractivity contribution in [3.63, 3.8) is 0 Å². The van der Waals surface area contributed by atoms with Crippen LogP contribution in [0, 0.1) is 19.8 Å². The highest BCUT2D eigenvalue weighted by Gasteiger charge is 2.26. The van der Waals surface area contributed by atoms with Crippen LogP contribution in [0.15, 0.2) is 48.7 Å². The molecule has 1 aliphatic heterocycles. The lowest BCUT2D eigenvalue weighted by molar-refractivity contribution is -0.125. The van der Waals surface area contributed by atoms with Gasteiger partial charge in [-0.15, -0.1) is 0 Å². The largest absolute Gasteiger partial charge is 0.352 e. The summed E-state index contributed by atoms with van der Waals surface area (Å²) in [5, 5.41) is 7.56. The van der Waals surface area contributed by atoms with E-state index in [0.29, 0.717) is 12.5 Å². The Bertz CT molecular complexity index is 976. The van der Waals surface area contributed by atoms with Crippen LogP contribution in [-0.2, 0) is 11.3 Å². The normalized spacial score (nSPS) is 14.8. The lowest BCUT2D eigenvalue weighted by Crippen LogP contribution is -2.41. The van der Waals surface area contributed by atoms with Crippen molar-refractivity contribution in [2.75, 3.05) is 18.0 Å². The van der Waals surface area contributed by atoms with Crippen LogP contribution in [0.1, 0.15) is 29.8 Å². The summed E-state index contributed by atoms with van der Waals surface area (Å²) >= 11 is 0. The summed E-state index contributed by atoms with van der Waals surface area (Å²) in [5.74, 6) is 1.63. The standard InChI is InChI=1S/C22H26N6O/c1-16-14-17(2)28(26-16)20-8-11-23-22(25-20)27-12-9-19(10-13-27)21(29)24-15-18-6-4-3-5-7-18/h3-8,11,14,19H,9-10,12-13,15H2,1-2H3,(H,24,29). The minimum absolute atomic E-state index is 0.0363. The molecule has 3 aromatic rings. The van der Waals surface area contributed by atoms with Crippen molar-refractivity contribution < 1.29 is 4.79 Å². The third-order valence-electron chi connectivity index (χ3n) is 5.31. The van der Waals surface area contributed by atoms with Gasteiger partial charge in [-0.2, -0.15) is 10.1 Å². The summed E-state index contributed by atoms with van der Waals surface area (Å²) in [5.41, 5.74) is 3.12. The average molecular weight is 390 g/mol. The molecule has 150 valence electrons. The zero-order valence-corrected chi connectivity index (χ0v) is 16.9. The zero-order chi connectivity index (χ0) is 20.2. The van der Waals surface area contributed by atoms with Gasteiger partial charge in [-0.25, -0.2) is 9.67 Å². The van der Waals surface area contributed by atoms with Crippen molar-refractivity contribution in [1.82, 2.24) is 25.1 Å². The number of piperidine rings is 1. The summed E-state index contributed by atoms with van der Waals surface area (Å²) in [7, 11) is 0. The average Bonchev–Trinajstić information content (AvgIpc) is 3.11. The van der Waals surface area contributed by atoms with E-state index in [2.05, 4.69) is 20.3 Å². The summed E-state index contributed by atoms with van der Waals surface area (Å²) in [6.07, 6.45) is 3.37. The van der Waals surface area contributed by atoms with Crippen molar-refractivity contribution in [3.05, 3.63) is 65.6 Å². The van der Waals surface area contributed by atoms with Crippen LogP contribution in [0.4, 0.5) is 5.95 Å². The fraction of sp³-hybridized carbons (Fsp3) is 0.364. The van der Waals surface area contributed by atoms with Crippen molar-refractivity contribution in [2.24, 2.45) is 5.92 Å². The van der Waals surface area contributed by atoms with E-state index < -0.39 is 0 Å². The molecule has 3 heterocycles. The molecule has 7 nitrogen and oxygen atoms in total. The summed E-state index contributed by atoms with van der Waals surface area (Å²) in [4.78, 5) is 23.8. The third-order valence-corrected chi connectivity index (χ3v) is 5.31. The first-order chi connectivity index (χ1) is 14.1. The molecule has 1 N–H and O–H groups in total. The van der Waals surface area contributed by atoms with Crippen LogP contribution in [0.5, 0.6) is 0 Å². The van der Waals surface area contributed by atoms with Gasteiger partial charge in [0.05, 0.1) is 5.69 Å². The molecule has 0 atom stereocenters. The lowest BCUT2D eigenvalue weighted by Gasteiger charge is -2.31. The number of carbonyl (C=O) groups excluding carboxylic acids is 1. The van der Waals surface area contributed by atoms with E-state index in [1.165, 1.54) is 0 Å². The van der Waals surface area contributed by atoms with Gasteiger partial charge in [0.15, 0.2) is 5.82 Å². The zero-order valence-electron chi connectivity index (χ0n) is 16.9. The monoisotopic (exact) mass is 390 g/mol. The molecule has 1 amide bonds. The molecule has 0 radical (unpaired) electrons. The van der Waals surface area contributed by atoms with Crippen molar-refractivity contribution in [1.29, 1.82) is 0 Å². The van der Waals surface area contributed by atoms with Gasteiger partial charge >= 0.3 is 0 Å². The predicted molar refractivity (Wildman–Crippen MR) is 112 cm³/mol. The molecule has 0 aliphatic carbocycles. The molecule has 0 unspecified atom stereocenters. The topological polar surface area (TPSA) is 75.9 Å². The van der Waals surface area contributed by atoms with Crippen LogP contribution in [0.2, 0.25) is 0 Å². The maximum Gasteiger partial charge on any atom is 0.227 e. The SMILES string of the molecule is Cc1cc(C)n(-c2ccnc(N3CCC(C(=O)NCc4ccccc4)CC3)n2)n1. The number of rotatable bonds is 5. The van der Waals surface area contributed by atoms with E-state index in [-0.39, 0.29) is 11.8 Å². The minimum Gasteiger partial charge on any atom is -0.352 e. The van der Waals surface area contributed by atoms with Gasteiger partial charge in [-0.1, -0.05) is 30.3 Å². The molecular weight excluding hydrogens is 364 g/mol. The maximum absolute atomic E-state index is 12.5. The van der Waals surface area contributed by atoms with Gasteiger partial charge in [0.1, 0.15) is 0 Å². The Morgan fingerprint density at radius 2 is 1.90 bits per heavy atom. The van der Waals surface area contributed by atoms with Crippen LogP contribution in [0.3, 0.4) is 0 Å². The van der Waals surface area contributed by atoms with E-state index in [1.807, 2.05) is 61.0 Å². The van der Waals surface area contributed by atoms with Crippen LogP contribution >= 0.6 is 0 Å². The van der Waals surface area contributed by atoms with E-state index >= 15 is 0 Å². The van der Waals surface area contributed by atoms with Gasteiger partial charge in [0.25, 0.3) is 0 Å². The number of hydrogen-bond acceptors (Lipinski definition) is 5. The Hall–Kier alpha value is -3.22. The van der Waals surface area contributed by atoms with Crippen molar-refractivity contribution in [3.8, 4) is 5.82 Å². The smallest absolute Gasteiger partial charge is 0.227 e. The number of amides is 1. The van der Waals surface area contributed by atoms with Crippen LogP contribution in [0.25, 0.3) is 5.82 Å². The molecule has 1 saturated heterocycles. The number of hydrogen-bond donors (Lipinski definition) is 1. The first-order valence-corrected chi connectivity index (χ1v) is 10.0. The molecule has 1 fully saturated rings. The van der Waals surface area contributed by atoms with Gasteiger partial charge in [-0.3, -0.25) is 4.79 Å². The molecule has 4 rings (SSSR count). The Morgan fingerprint density at radius 1 is 1.14 bits per heavy atom. The number of benzene rings is 1. The molecule has 1 aliphatic rings. The van der Waals surface area contributed by atoms with Gasteiger partial charge in [-0.05, 0) is 38.3 Å². The van der Waals surface area contributed by atoms with E-state index in [1.54, 1.807) is 6.20 Å². The van der Waals surface area contributed by atoms with Crippen molar-refractivity contribution in [2.45, 2.75) is 33.2 Å². The minimum atomic E-state index is 0.0363. The quantitative estimate of drug-likeness (QED) is 0.725. The lowest BCUT2D eigenvalue weighted by atomic mass is 9.96. The predicted octanol–water partition coefficient (Wildman–Crippen LogP) is 2.81. The van der Waals surface area contributed by atoms with Crippen LogP contribution < -0.4 is 10.2 Å². The number of aryl methyl sites for hydroxylation is 2.